The minimum absolute atomic E-state index is 0.226. The van der Waals surface area contributed by atoms with Crippen LogP contribution in [0.1, 0.15) is 12.5 Å². The van der Waals surface area contributed by atoms with Crippen molar-refractivity contribution in [1.29, 1.82) is 0 Å². The van der Waals surface area contributed by atoms with Crippen LogP contribution < -0.4 is 5.73 Å². The molecule has 1 unspecified atom stereocenters. The second-order valence-electron chi connectivity index (χ2n) is 3.89. The molecule has 0 spiro atoms. The molecule has 0 amide bonds. The van der Waals surface area contributed by atoms with Crippen LogP contribution in [-0.4, -0.2) is 19.3 Å². The first-order chi connectivity index (χ1) is 6.53. The van der Waals surface area contributed by atoms with Crippen LogP contribution in [0.15, 0.2) is 24.3 Å². The summed E-state index contributed by atoms with van der Waals surface area (Å²) in [6.07, 6.45) is 0.610. The van der Waals surface area contributed by atoms with E-state index in [4.69, 9.17) is 10.5 Å². The standard InChI is InChI=1S/C11H16FNO/c1-11(13,8-14-2)7-9-4-3-5-10(12)6-9/h3-6H,7-8,13H2,1-2H3. The highest BCUT2D eigenvalue weighted by atomic mass is 19.1. The van der Waals surface area contributed by atoms with Crippen molar-refractivity contribution in [2.24, 2.45) is 5.73 Å². The highest BCUT2D eigenvalue weighted by Gasteiger charge is 2.18. The van der Waals surface area contributed by atoms with Crippen molar-refractivity contribution in [1.82, 2.24) is 0 Å². The van der Waals surface area contributed by atoms with Crippen LogP contribution in [0.4, 0.5) is 4.39 Å². The van der Waals surface area contributed by atoms with Crippen LogP contribution in [0.25, 0.3) is 0 Å². The molecule has 1 aromatic rings. The Morgan fingerprint density at radius 1 is 1.50 bits per heavy atom. The van der Waals surface area contributed by atoms with Crippen molar-refractivity contribution in [3.63, 3.8) is 0 Å². The molecule has 1 rings (SSSR count). The largest absolute Gasteiger partial charge is 0.383 e. The molecule has 0 saturated heterocycles. The summed E-state index contributed by atoms with van der Waals surface area (Å²) < 4.78 is 17.8. The molecule has 0 saturated carbocycles. The summed E-state index contributed by atoms with van der Waals surface area (Å²) in [6, 6.07) is 6.48. The molecule has 0 heterocycles. The van der Waals surface area contributed by atoms with Crippen LogP contribution in [-0.2, 0) is 11.2 Å². The Balaban J connectivity index is 2.68. The lowest BCUT2D eigenvalue weighted by Gasteiger charge is -2.23. The predicted molar refractivity (Wildman–Crippen MR) is 54.6 cm³/mol. The van der Waals surface area contributed by atoms with Crippen LogP contribution in [0, 0.1) is 5.82 Å². The van der Waals surface area contributed by atoms with Crippen LogP contribution in [0.2, 0.25) is 0 Å². The van der Waals surface area contributed by atoms with Crippen LogP contribution in [0.5, 0.6) is 0 Å². The Kier molecular flexibility index (Phi) is 3.61. The maximum Gasteiger partial charge on any atom is 0.123 e. The first kappa shape index (κ1) is 11.1. The van der Waals surface area contributed by atoms with Crippen molar-refractivity contribution >= 4 is 0 Å². The molecule has 1 atom stereocenters. The number of rotatable bonds is 4. The molecule has 0 fully saturated rings. The molecule has 0 radical (unpaired) electrons. The summed E-state index contributed by atoms with van der Waals surface area (Å²) in [7, 11) is 1.61. The van der Waals surface area contributed by atoms with Gasteiger partial charge < -0.3 is 10.5 Å². The molecule has 0 aromatic heterocycles. The summed E-state index contributed by atoms with van der Waals surface area (Å²) in [5.41, 5.74) is 6.42. The van der Waals surface area contributed by atoms with Gasteiger partial charge in [-0.05, 0) is 31.0 Å². The second kappa shape index (κ2) is 4.53. The van der Waals surface area contributed by atoms with Gasteiger partial charge in [-0.15, -0.1) is 0 Å². The van der Waals surface area contributed by atoms with Gasteiger partial charge in [0.15, 0.2) is 0 Å². The van der Waals surface area contributed by atoms with E-state index in [1.807, 2.05) is 13.0 Å². The van der Waals surface area contributed by atoms with E-state index >= 15 is 0 Å². The van der Waals surface area contributed by atoms with Crippen molar-refractivity contribution in [3.8, 4) is 0 Å². The first-order valence-electron chi connectivity index (χ1n) is 4.56. The van der Waals surface area contributed by atoms with Gasteiger partial charge in [-0.2, -0.15) is 0 Å². The monoisotopic (exact) mass is 197 g/mol. The molecular weight excluding hydrogens is 181 g/mol. The van der Waals surface area contributed by atoms with E-state index in [1.165, 1.54) is 12.1 Å². The van der Waals surface area contributed by atoms with Gasteiger partial charge in [0.2, 0.25) is 0 Å². The molecule has 0 aliphatic heterocycles. The quantitative estimate of drug-likeness (QED) is 0.797. The lowest BCUT2D eigenvalue weighted by atomic mass is 9.95. The highest BCUT2D eigenvalue weighted by Crippen LogP contribution is 2.12. The number of methoxy groups -OCH3 is 1. The van der Waals surface area contributed by atoms with Crippen LogP contribution in [0.3, 0.4) is 0 Å². The molecule has 14 heavy (non-hydrogen) atoms. The van der Waals surface area contributed by atoms with Gasteiger partial charge >= 0.3 is 0 Å². The summed E-state index contributed by atoms with van der Waals surface area (Å²) in [5, 5.41) is 0. The summed E-state index contributed by atoms with van der Waals surface area (Å²) in [4.78, 5) is 0. The van der Waals surface area contributed by atoms with Crippen molar-refractivity contribution in [3.05, 3.63) is 35.6 Å². The topological polar surface area (TPSA) is 35.2 Å². The third-order valence-electron chi connectivity index (χ3n) is 1.97. The van der Waals surface area contributed by atoms with Crippen molar-refractivity contribution in [2.75, 3.05) is 13.7 Å². The SMILES string of the molecule is COCC(C)(N)Cc1cccc(F)c1. The van der Waals surface area contributed by atoms with Gasteiger partial charge in [0, 0.05) is 12.6 Å². The second-order valence-corrected chi connectivity index (χ2v) is 3.89. The molecule has 2 N–H and O–H groups in total. The Morgan fingerprint density at radius 2 is 2.21 bits per heavy atom. The molecule has 0 bridgehead atoms. The molecule has 1 aromatic carbocycles. The van der Waals surface area contributed by atoms with E-state index in [2.05, 4.69) is 0 Å². The van der Waals surface area contributed by atoms with Gasteiger partial charge in [0.1, 0.15) is 5.82 Å². The smallest absolute Gasteiger partial charge is 0.123 e. The number of hydrogen-bond acceptors (Lipinski definition) is 2. The van der Waals surface area contributed by atoms with Gasteiger partial charge in [-0.25, -0.2) is 4.39 Å². The zero-order valence-corrected chi connectivity index (χ0v) is 8.59. The highest BCUT2D eigenvalue weighted by molar-refractivity contribution is 5.18. The maximum atomic E-state index is 12.9. The number of nitrogens with two attached hydrogens (primary N) is 1. The van der Waals surface area contributed by atoms with E-state index in [0.29, 0.717) is 13.0 Å². The Bertz CT molecular complexity index is 299. The average Bonchev–Trinajstić information content (AvgIpc) is 2.02. The van der Waals surface area contributed by atoms with E-state index < -0.39 is 5.54 Å². The third-order valence-corrected chi connectivity index (χ3v) is 1.97. The van der Waals surface area contributed by atoms with Gasteiger partial charge in [-0.1, -0.05) is 12.1 Å². The summed E-state index contributed by atoms with van der Waals surface area (Å²) in [6.45, 7) is 2.35. The van der Waals surface area contributed by atoms with Crippen molar-refractivity contribution in [2.45, 2.75) is 18.9 Å². The lowest BCUT2D eigenvalue weighted by molar-refractivity contribution is 0.141. The predicted octanol–water partition coefficient (Wildman–Crippen LogP) is 1.73. The Morgan fingerprint density at radius 3 is 2.79 bits per heavy atom. The molecule has 2 nitrogen and oxygen atoms in total. The van der Waals surface area contributed by atoms with E-state index in [-0.39, 0.29) is 5.82 Å². The maximum absolute atomic E-state index is 12.9. The molecule has 0 aliphatic carbocycles. The summed E-state index contributed by atoms with van der Waals surface area (Å²) >= 11 is 0. The third kappa shape index (κ3) is 3.44. The number of ether oxygens (including phenoxy) is 1. The minimum atomic E-state index is -0.442. The van der Waals surface area contributed by atoms with Crippen molar-refractivity contribution < 1.29 is 9.13 Å². The fourth-order valence-corrected chi connectivity index (χ4v) is 1.49. The van der Waals surface area contributed by atoms with E-state index in [9.17, 15) is 4.39 Å². The fraction of sp³-hybridized carbons (Fsp3) is 0.455. The number of halogens is 1. The number of benzene rings is 1. The van der Waals surface area contributed by atoms with E-state index in [0.717, 1.165) is 5.56 Å². The molecule has 0 aliphatic rings. The van der Waals surface area contributed by atoms with Gasteiger partial charge in [0.05, 0.1) is 6.61 Å². The zero-order chi connectivity index (χ0) is 10.6. The zero-order valence-electron chi connectivity index (χ0n) is 8.59. The molecule has 78 valence electrons. The molecule has 3 heteroatoms. The normalized spacial score (nSPS) is 15.1. The fourth-order valence-electron chi connectivity index (χ4n) is 1.49. The van der Waals surface area contributed by atoms with Gasteiger partial charge in [-0.3, -0.25) is 0 Å². The lowest BCUT2D eigenvalue weighted by Crippen LogP contribution is -2.43. The average molecular weight is 197 g/mol. The van der Waals surface area contributed by atoms with E-state index in [1.54, 1.807) is 13.2 Å². The first-order valence-corrected chi connectivity index (χ1v) is 4.56. The molecular formula is C11H16FNO. The minimum Gasteiger partial charge on any atom is -0.383 e. The summed E-state index contributed by atoms with van der Waals surface area (Å²) in [5.74, 6) is -0.226. The van der Waals surface area contributed by atoms with Crippen LogP contribution >= 0.6 is 0 Å². The Hall–Kier alpha value is -0.930. The van der Waals surface area contributed by atoms with Gasteiger partial charge in [0.25, 0.3) is 0 Å². The Labute approximate surface area is 83.9 Å². The number of hydrogen-bond donors (Lipinski definition) is 1.